The van der Waals surface area contributed by atoms with E-state index in [1.165, 1.54) is 10.4 Å². The molecule has 2 atom stereocenters. The van der Waals surface area contributed by atoms with Crippen LogP contribution in [-0.2, 0) is 19.6 Å². The Labute approximate surface area is 194 Å². The van der Waals surface area contributed by atoms with Crippen molar-refractivity contribution in [2.75, 3.05) is 23.7 Å². The van der Waals surface area contributed by atoms with Crippen LogP contribution in [0.1, 0.15) is 37.3 Å². The van der Waals surface area contributed by atoms with Gasteiger partial charge in [-0.3, -0.25) is 9.59 Å². The van der Waals surface area contributed by atoms with E-state index in [4.69, 9.17) is 4.74 Å². The van der Waals surface area contributed by atoms with Crippen molar-refractivity contribution in [3.05, 3.63) is 47.5 Å². The largest absolute Gasteiger partial charge is 0.478 e. The number of rotatable bonds is 5. The summed E-state index contributed by atoms with van der Waals surface area (Å²) >= 11 is 0. The van der Waals surface area contributed by atoms with Gasteiger partial charge >= 0.3 is 0 Å². The fraction of sp³-hybridized carbons (Fsp3) is 0.417. The molecule has 176 valence electrons. The van der Waals surface area contributed by atoms with Gasteiger partial charge in [0.05, 0.1) is 16.5 Å². The van der Waals surface area contributed by atoms with Crippen molar-refractivity contribution in [2.45, 2.75) is 51.0 Å². The maximum atomic E-state index is 13.5. The van der Waals surface area contributed by atoms with Crippen molar-refractivity contribution < 1.29 is 22.7 Å². The normalized spacial score (nSPS) is 21.0. The molecule has 33 heavy (non-hydrogen) atoms. The zero-order valence-corrected chi connectivity index (χ0v) is 19.9. The number of hydrogen-bond donors (Lipinski definition) is 2. The average molecular weight is 472 g/mol. The van der Waals surface area contributed by atoms with E-state index in [9.17, 15) is 18.0 Å². The smallest absolute Gasteiger partial charge is 0.265 e. The Balaban J connectivity index is 1.55. The molecule has 0 spiro atoms. The Morgan fingerprint density at radius 2 is 2.03 bits per heavy atom. The van der Waals surface area contributed by atoms with Gasteiger partial charge in [0.15, 0.2) is 6.10 Å². The van der Waals surface area contributed by atoms with Crippen molar-refractivity contribution >= 4 is 33.2 Å². The van der Waals surface area contributed by atoms with Crippen LogP contribution in [0.2, 0.25) is 0 Å². The minimum Gasteiger partial charge on any atom is -0.478 e. The number of benzene rings is 2. The molecule has 2 N–H and O–H groups in total. The summed E-state index contributed by atoms with van der Waals surface area (Å²) in [6.07, 6.45) is 1.05. The van der Waals surface area contributed by atoms with E-state index in [1.54, 1.807) is 13.0 Å². The van der Waals surface area contributed by atoms with E-state index in [1.807, 2.05) is 38.1 Å². The number of nitrogens with one attached hydrogen (secondary N) is 2. The zero-order valence-electron chi connectivity index (χ0n) is 19.1. The Bertz CT molecular complexity index is 1190. The molecule has 2 aromatic carbocycles. The zero-order chi connectivity index (χ0) is 23.8. The van der Waals surface area contributed by atoms with E-state index in [2.05, 4.69) is 10.6 Å². The lowest BCUT2D eigenvalue weighted by molar-refractivity contribution is -0.123. The number of aryl methyl sites for hydroxylation is 2. The van der Waals surface area contributed by atoms with E-state index in [0.717, 1.165) is 5.56 Å². The first-order chi connectivity index (χ1) is 15.7. The van der Waals surface area contributed by atoms with E-state index < -0.39 is 22.0 Å². The van der Waals surface area contributed by atoms with Gasteiger partial charge in [-0.1, -0.05) is 19.1 Å². The van der Waals surface area contributed by atoms with Crippen molar-refractivity contribution in [1.29, 1.82) is 0 Å². The molecule has 8 nitrogen and oxygen atoms in total. The maximum Gasteiger partial charge on any atom is 0.265 e. The lowest BCUT2D eigenvalue weighted by atomic mass is 9.98. The fourth-order valence-corrected chi connectivity index (χ4v) is 6.06. The molecule has 2 aromatic rings. The van der Waals surface area contributed by atoms with Gasteiger partial charge in [0.25, 0.3) is 5.91 Å². The molecule has 0 aliphatic carbocycles. The van der Waals surface area contributed by atoms with Crippen LogP contribution in [0.5, 0.6) is 5.75 Å². The highest BCUT2D eigenvalue weighted by atomic mass is 32.2. The number of piperidine rings is 1. The summed E-state index contributed by atoms with van der Waals surface area (Å²) in [6, 6.07) is 10.6. The van der Waals surface area contributed by atoms with Gasteiger partial charge in [-0.05, 0) is 62.4 Å². The molecule has 0 unspecified atom stereocenters. The number of hydrogen-bond acceptors (Lipinski definition) is 5. The standard InChI is InChI=1S/C24H29N3O5S/c1-4-20-24(29)26-19-12-16(3)22(13-21(19)32-20)33(30,31)27-10-6-8-17(14-27)23(28)25-18-9-5-7-15(2)11-18/h5,7,9,11-13,17,20H,4,6,8,10,14H2,1-3H3,(H,25,28)(H,26,29)/t17-,20-/m0/s1. The number of ether oxygens (including phenoxy) is 1. The summed E-state index contributed by atoms with van der Waals surface area (Å²) < 4.78 is 34.2. The molecule has 2 heterocycles. The molecule has 2 amide bonds. The number of carbonyl (C=O) groups is 2. The van der Waals surface area contributed by atoms with Crippen molar-refractivity contribution in [3.8, 4) is 5.75 Å². The third-order valence-corrected chi connectivity index (χ3v) is 8.13. The first-order valence-electron chi connectivity index (χ1n) is 11.2. The van der Waals surface area contributed by atoms with Gasteiger partial charge in [-0.2, -0.15) is 4.31 Å². The highest BCUT2D eigenvalue weighted by molar-refractivity contribution is 7.89. The second-order valence-corrected chi connectivity index (χ2v) is 10.6. The Morgan fingerprint density at radius 3 is 2.76 bits per heavy atom. The van der Waals surface area contributed by atoms with Gasteiger partial charge in [-0.15, -0.1) is 0 Å². The number of fused-ring (bicyclic) bond motifs is 1. The van der Waals surface area contributed by atoms with Crippen molar-refractivity contribution in [2.24, 2.45) is 5.92 Å². The summed E-state index contributed by atoms with van der Waals surface area (Å²) in [7, 11) is -3.85. The Kier molecular flexibility index (Phi) is 6.45. The minimum atomic E-state index is -3.85. The molecule has 4 rings (SSSR count). The van der Waals surface area contributed by atoms with Crippen LogP contribution in [0, 0.1) is 19.8 Å². The minimum absolute atomic E-state index is 0.117. The van der Waals surface area contributed by atoms with E-state index >= 15 is 0 Å². The second kappa shape index (κ2) is 9.15. The summed E-state index contributed by atoms with van der Waals surface area (Å²) in [4.78, 5) is 25.1. The monoisotopic (exact) mass is 471 g/mol. The summed E-state index contributed by atoms with van der Waals surface area (Å²) in [5, 5.41) is 5.70. The van der Waals surface area contributed by atoms with Gasteiger partial charge < -0.3 is 15.4 Å². The highest BCUT2D eigenvalue weighted by Crippen LogP contribution is 2.36. The molecular weight excluding hydrogens is 442 g/mol. The van der Waals surface area contributed by atoms with Crippen LogP contribution in [0.15, 0.2) is 41.3 Å². The van der Waals surface area contributed by atoms with Crippen LogP contribution in [0.4, 0.5) is 11.4 Å². The summed E-state index contributed by atoms with van der Waals surface area (Å²) in [5.74, 6) is -0.513. The van der Waals surface area contributed by atoms with Gasteiger partial charge in [-0.25, -0.2) is 8.42 Å². The molecule has 0 aromatic heterocycles. The van der Waals surface area contributed by atoms with Gasteiger partial charge in [0.1, 0.15) is 5.75 Å². The molecular formula is C24H29N3O5S. The molecule has 2 aliphatic heterocycles. The number of anilines is 2. The summed E-state index contributed by atoms with van der Waals surface area (Å²) in [6.45, 7) is 5.94. The maximum absolute atomic E-state index is 13.5. The highest BCUT2D eigenvalue weighted by Gasteiger charge is 2.36. The van der Waals surface area contributed by atoms with Crippen molar-refractivity contribution in [3.63, 3.8) is 0 Å². The molecule has 1 fully saturated rings. The molecule has 9 heteroatoms. The first-order valence-corrected chi connectivity index (χ1v) is 12.6. The lowest BCUT2D eigenvalue weighted by Gasteiger charge is -2.32. The van der Waals surface area contributed by atoms with Crippen LogP contribution >= 0.6 is 0 Å². The lowest BCUT2D eigenvalue weighted by Crippen LogP contribution is -2.44. The Hall–Kier alpha value is -2.91. The topological polar surface area (TPSA) is 105 Å². The first kappa shape index (κ1) is 23.3. The van der Waals surface area contributed by atoms with Gasteiger partial charge in [0, 0.05) is 24.8 Å². The number of amides is 2. The number of nitrogens with zero attached hydrogens (tertiary/aromatic N) is 1. The van der Waals surface area contributed by atoms with Gasteiger partial charge in [0.2, 0.25) is 15.9 Å². The molecule has 0 radical (unpaired) electrons. The number of carbonyl (C=O) groups excluding carboxylic acids is 2. The average Bonchev–Trinajstić information content (AvgIpc) is 2.78. The second-order valence-electron chi connectivity index (χ2n) is 8.68. The quantitative estimate of drug-likeness (QED) is 0.695. The van der Waals surface area contributed by atoms with Crippen molar-refractivity contribution in [1.82, 2.24) is 4.31 Å². The molecule has 0 saturated carbocycles. The molecule has 0 bridgehead atoms. The van der Waals surface area contributed by atoms with Crippen LogP contribution in [0.3, 0.4) is 0 Å². The van der Waals surface area contributed by atoms with Crippen LogP contribution < -0.4 is 15.4 Å². The van der Waals surface area contributed by atoms with Crippen LogP contribution in [-0.4, -0.2) is 43.7 Å². The SMILES string of the molecule is CC[C@@H]1Oc2cc(S(=O)(=O)N3CCC[C@H](C(=O)Nc4cccc(C)c4)C3)c(C)cc2NC1=O. The van der Waals surface area contributed by atoms with Crippen LogP contribution in [0.25, 0.3) is 0 Å². The fourth-order valence-electron chi connectivity index (χ4n) is 4.31. The number of sulfonamides is 1. The van der Waals surface area contributed by atoms with E-state index in [0.29, 0.717) is 48.5 Å². The Morgan fingerprint density at radius 1 is 1.24 bits per heavy atom. The third kappa shape index (κ3) is 4.74. The molecule has 1 saturated heterocycles. The summed E-state index contributed by atoms with van der Waals surface area (Å²) in [5.41, 5.74) is 2.72. The predicted octanol–water partition coefficient (Wildman–Crippen LogP) is 3.45. The predicted molar refractivity (Wildman–Crippen MR) is 126 cm³/mol. The molecule has 2 aliphatic rings. The third-order valence-electron chi connectivity index (χ3n) is 6.13. The van der Waals surface area contributed by atoms with E-state index in [-0.39, 0.29) is 23.3 Å².